The first-order chi connectivity index (χ1) is 38.3. The van der Waals surface area contributed by atoms with Gasteiger partial charge in [-0.05, 0) is 79.7 Å². The zero-order valence-corrected chi connectivity index (χ0v) is 48.0. The molecule has 1 heterocycles. The van der Waals surface area contributed by atoms with E-state index in [0.29, 0.717) is 36.6 Å². The Bertz CT molecular complexity index is 2030. The SMILES string of the molecule is C=CCO[C@@]12Oc3ccc(OC(=O)NCCCCCCCCCCCC)cc3[C@H]3[C@H](CCCCO)[C@@H](CCCCO)C=C(C(=NOCc4ccccc4)C[C@@H]1N(CCOCCO)C(=O)OCCCCCCCCCCCC)[C@H]32. The van der Waals surface area contributed by atoms with E-state index in [1.54, 1.807) is 17.0 Å². The second-order valence-electron chi connectivity index (χ2n) is 21.9. The third-order valence-electron chi connectivity index (χ3n) is 15.9. The molecule has 0 aromatic heterocycles. The first kappa shape index (κ1) is 64.4. The lowest BCUT2D eigenvalue weighted by molar-refractivity contribution is -0.256. The largest absolute Gasteiger partial charge is 0.459 e. The van der Waals surface area contributed by atoms with Gasteiger partial charge in [-0.3, -0.25) is 4.90 Å². The van der Waals surface area contributed by atoms with Gasteiger partial charge < -0.3 is 49.2 Å². The van der Waals surface area contributed by atoms with Gasteiger partial charge >= 0.3 is 12.2 Å². The third kappa shape index (κ3) is 20.9. The zero-order valence-electron chi connectivity index (χ0n) is 48.0. The van der Waals surface area contributed by atoms with Gasteiger partial charge in [0.05, 0.1) is 44.7 Å². The Morgan fingerprint density at radius 2 is 1.40 bits per heavy atom. The first-order valence-electron chi connectivity index (χ1n) is 30.7. The highest BCUT2D eigenvalue weighted by molar-refractivity contribution is 6.03. The van der Waals surface area contributed by atoms with Crippen LogP contribution in [0.25, 0.3) is 0 Å². The molecule has 2 aromatic carbocycles. The van der Waals surface area contributed by atoms with Crippen LogP contribution in [0.15, 0.2) is 78.0 Å². The van der Waals surface area contributed by atoms with Crippen molar-refractivity contribution in [3.63, 3.8) is 0 Å². The van der Waals surface area contributed by atoms with Crippen molar-refractivity contribution < 1.29 is 53.4 Å². The number of carbonyl (C=O) groups excluding carboxylic acids is 2. The van der Waals surface area contributed by atoms with E-state index in [2.05, 4.69) is 31.8 Å². The van der Waals surface area contributed by atoms with Crippen LogP contribution in [0.1, 0.15) is 204 Å². The normalized spacial score (nSPS) is 20.8. The molecular formula is C64H101N3O11. The maximum atomic E-state index is 14.9. The first-order valence-corrected chi connectivity index (χ1v) is 30.7. The summed E-state index contributed by atoms with van der Waals surface area (Å²) in [7, 11) is 0. The molecule has 5 rings (SSSR count). The van der Waals surface area contributed by atoms with Gasteiger partial charge in [-0.15, -0.1) is 6.58 Å². The lowest BCUT2D eigenvalue weighted by Crippen LogP contribution is -2.70. The van der Waals surface area contributed by atoms with Crippen LogP contribution in [0.3, 0.4) is 0 Å². The predicted octanol–water partition coefficient (Wildman–Crippen LogP) is 13.9. The minimum atomic E-state index is -1.52. The van der Waals surface area contributed by atoms with Crippen molar-refractivity contribution in [1.82, 2.24) is 10.2 Å². The lowest BCUT2D eigenvalue weighted by atomic mass is 9.55. The van der Waals surface area contributed by atoms with Gasteiger partial charge in [-0.1, -0.05) is 190 Å². The number of hydrogen-bond acceptors (Lipinski definition) is 12. The van der Waals surface area contributed by atoms with Gasteiger partial charge in [0.15, 0.2) is 0 Å². The van der Waals surface area contributed by atoms with Crippen molar-refractivity contribution >= 4 is 17.9 Å². The molecule has 1 saturated carbocycles. The highest BCUT2D eigenvalue weighted by atomic mass is 16.7. The van der Waals surface area contributed by atoms with E-state index in [1.165, 1.54) is 83.5 Å². The summed E-state index contributed by atoms with van der Waals surface area (Å²) in [5.74, 6) is -1.53. The molecule has 1 fully saturated rings. The molecule has 0 spiro atoms. The Morgan fingerprint density at radius 3 is 2.04 bits per heavy atom. The summed E-state index contributed by atoms with van der Waals surface area (Å²) in [5, 5.41) is 37.8. The average molecular weight is 1090 g/mol. The van der Waals surface area contributed by atoms with Gasteiger partial charge in [-0.25, -0.2) is 9.59 Å². The lowest BCUT2D eigenvalue weighted by Gasteiger charge is -2.59. The summed E-state index contributed by atoms with van der Waals surface area (Å²) in [6, 6.07) is 14.6. The number of hydrogen-bond donors (Lipinski definition) is 4. The zero-order chi connectivity index (χ0) is 55.5. The molecule has 78 heavy (non-hydrogen) atoms. The van der Waals surface area contributed by atoms with Crippen molar-refractivity contribution in [1.29, 1.82) is 0 Å². The molecule has 2 amide bonds. The molecule has 0 unspecified atom stereocenters. The quantitative estimate of drug-likeness (QED) is 0.0282. The number of aliphatic hydroxyl groups excluding tert-OH is 3. The van der Waals surface area contributed by atoms with E-state index in [-0.39, 0.29) is 83.6 Å². The van der Waals surface area contributed by atoms with Crippen LogP contribution < -0.4 is 14.8 Å². The fraction of sp³-hybridized carbons (Fsp3) is 0.703. The third-order valence-corrected chi connectivity index (χ3v) is 15.9. The van der Waals surface area contributed by atoms with Crippen LogP contribution in [0.4, 0.5) is 9.59 Å². The van der Waals surface area contributed by atoms with E-state index in [9.17, 15) is 24.9 Å². The number of ether oxygens (including phenoxy) is 5. The summed E-state index contributed by atoms with van der Waals surface area (Å²) in [5.41, 5.74) is 3.34. The molecule has 0 radical (unpaired) electrons. The number of unbranched alkanes of at least 4 members (excludes halogenated alkanes) is 20. The molecule has 4 N–H and O–H groups in total. The van der Waals surface area contributed by atoms with Crippen LogP contribution in [0.2, 0.25) is 0 Å². The summed E-state index contributed by atoms with van der Waals surface area (Å²) in [6.45, 7) is 9.93. The topological polar surface area (TPSA) is 178 Å². The molecule has 6 atom stereocenters. The molecule has 2 aromatic rings. The molecule has 1 aliphatic heterocycles. The Labute approximate surface area is 469 Å². The van der Waals surface area contributed by atoms with Gasteiger partial charge in [0.1, 0.15) is 24.1 Å². The number of nitrogens with zero attached hydrogens (tertiary/aromatic N) is 2. The molecule has 14 nitrogen and oxygen atoms in total. The standard InChI is InChI=1S/C64H101N3O11/c1-4-7-9-11-13-15-17-19-21-28-38-65-62(71)77-53-36-37-58-56(48-53)60-54(35-27-30-41-69)52(34-26-29-40-68)47-55-57(66-76-50-51-32-24-23-25-33-51)49-59(64(78-58,61(55)60)75-43-6-3)67(39-45-73-46-42-70)63(72)74-44-31-22-20-18-16-14-12-10-8-5-2/h6,23-25,32-33,36-37,47-48,52,54,59-61,68-70H,3-5,7-22,26-31,34-35,38-46,49-50H2,1-2H3,(H,65,71)/t52-,54+,59-,60+,61+,64+/m0/s1. The average Bonchev–Trinajstić information content (AvgIpc) is 3.56. The van der Waals surface area contributed by atoms with E-state index in [4.69, 9.17) is 33.7 Å². The van der Waals surface area contributed by atoms with Crippen molar-refractivity contribution in [3.05, 3.63) is 84.0 Å². The fourth-order valence-corrected chi connectivity index (χ4v) is 12.0. The van der Waals surface area contributed by atoms with Crippen molar-refractivity contribution in [2.24, 2.45) is 22.9 Å². The number of aliphatic hydroxyl groups is 3. The molecule has 0 saturated heterocycles. The van der Waals surface area contributed by atoms with E-state index in [1.807, 2.05) is 42.5 Å². The van der Waals surface area contributed by atoms with Crippen LogP contribution in [-0.4, -0.2) is 109 Å². The van der Waals surface area contributed by atoms with Gasteiger partial charge in [0, 0.05) is 44.2 Å². The summed E-state index contributed by atoms with van der Waals surface area (Å²) >= 11 is 0. The summed E-state index contributed by atoms with van der Waals surface area (Å²) in [6.07, 6.45) is 31.0. The van der Waals surface area contributed by atoms with Gasteiger partial charge in [0.2, 0.25) is 5.79 Å². The molecule has 3 aliphatic rings. The van der Waals surface area contributed by atoms with E-state index in [0.717, 1.165) is 87.3 Å². The Hall–Kier alpha value is -4.47. The van der Waals surface area contributed by atoms with Crippen LogP contribution in [0, 0.1) is 17.8 Å². The molecule has 438 valence electrons. The molecular weight excluding hydrogens is 987 g/mol. The predicted molar refractivity (Wildman–Crippen MR) is 310 cm³/mol. The van der Waals surface area contributed by atoms with Crippen molar-refractivity contribution in [2.45, 2.75) is 212 Å². The van der Waals surface area contributed by atoms with Crippen LogP contribution in [-0.2, 0) is 25.7 Å². The summed E-state index contributed by atoms with van der Waals surface area (Å²) in [4.78, 5) is 36.4. The van der Waals surface area contributed by atoms with Crippen LogP contribution in [0.5, 0.6) is 11.5 Å². The fourth-order valence-electron chi connectivity index (χ4n) is 12.0. The number of rotatable bonds is 43. The molecule has 0 bridgehead atoms. The maximum Gasteiger partial charge on any atom is 0.412 e. The molecule has 14 heteroatoms. The van der Waals surface area contributed by atoms with Gasteiger partial charge in [0.25, 0.3) is 0 Å². The number of amides is 2. The Kier molecular flexibility index (Phi) is 31.5. The van der Waals surface area contributed by atoms with Crippen molar-refractivity contribution in [3.8, 4) is 11.5 Å². The summed E-state index contributed by atoms with van der Waals surface area (Å²) < 4.78 is 32.7. The Morgan fingerprint density at radius 1 is 0.756 bits per heavy atom. The Balaban J connectivity index is 1.53. The minimum Gasteiger partial charge on any atom is -0.459 e. The van der Waals surface area contributed by atoms with Crippen LogP contribution >= 0.6 is 0 Å². The second kappa shape index (κ2) is 38.2. The minimum absolute atomic E-state index is 0.00774. The number of oxime groups is 1. The number of benzene rings is 2. The maximum absolute atomic E-state index is 14.9. The highest BCUT2D eigenvalue weighted by Crippen LogP contribution is 2.62. The number of allylic oxidation sites excluding steroid dienone is 1. The monoisotopic (exact) mass is 1090 g/mol. The number of fused-ring (bicyclic) bond motifs is 2. The molecule has 2 aliphatic carbocycles. The highest BCUT2D eigenvalue weighted by Gasteiger charge is 2.65. The number of nitrogens with one attached hydrogen (secondary N) is 1. The van der Waals surface area contributed by atoms with Gasteiger partial charge in [-0.2, -0.15) is 0 Å². The second-order valence-corrected chi connectivity index (χ2v) is 21.9. The van der Waals surface area contributed by atoms with E-state index >= 15 is 0 Å². The van der Waals surface area contributed by atoms with Crippen molar-refractivity contribution in [2.75, 3.05) is 59.3 Å². The number of carbonyl (C=O) groups is 2. The smallest absolute Gasteiger partial charge is 0.412 e. The van der Waals surface area contributed by atoms with E-state index < -0.39 is 29.9 Å².